The summed E-state index contributed by atoms with van der Waals surface area (Å²) in [6.45, 7) is -0.332. The summed E-state index contributed by atoms with van der Waals surface area (Å²) < 4.78 is 5.34. The number of benzene rings is 2. The summed E-state index contributed by atoms with van der Waals surface area (Å²) in [6.07, 6.45) is 1.37. The summed E-state index contributed by atoms with van der Waals surface area (Å²) >= 11 is 11.0. The van der Waals surface area contributed by atoms with Crippen LogP contribution in [-0.4, -0.2) is 29.4 Å². The number of ether oxygens (including phenoxy) is 1. The quantitative estimate of drug-likeness (QED) is 0.442. The summed E-state index contributed by atoms with van der Waals surface area (Å²) in [4.78, 5) is 37.5. The number of amides is 3. The first-order valence-electron chi connectivity index (χ1n) is 8.04. The van der Waals surface area contributed by atoms with Gasteiger partial charge in [0.25, 0.3) is 17.7 Å². The lowest BCUT2D eigenvalue weighted by Gasteiger charge is -2.29. The van der Waals surface area contributed by atoms with E-state index in [4.69, 9.17) is 34.3 Å². The topological polar surface area (TPSA) is 102 Å². The van der Waals surface area contributed by atoms with Gasteiger partial charge in [-0.3, -0.25) is 24.6 Å². The van der Waals surface area contributed by atoms with E-state index in [1.165, 1.54) is 11.0 Å². The molecule has 0 bridgehead atoms. The Morgan fingerprint density at radius 2 is 1.86 bits per heavy atom. The van der Waals surface area contributed by atoms with E-state index in [0.29, 0.717) is 22.0 Å². The minimum absolute atomic E-state index is 0.0345. The molecule has 1 aliphatic rings. The van der Waals surface area contributed by atoms with E-state index in [-0.39, 0.29) is 17.3 Å². The molecule has 0 atom stereocenters. The number of anilines is 1. The van der Waals surface area contributed by atoms with Gasteiger partial charge in [-0.05, 0) is 48.6 Å². The van der Waals surface area contributed by atoms with Gasteiger partial charge in [0.1, 0.15) is 11.3 Å². The molecular formula is C19H14ClN3O4S. The molecule has 0 spiro atoms. The van der Waals surface area contributed by atoms with Gasteiger partial charge >= 0.3 is 0 Å². The second-order valence-corrected chi connectivity index (χ2v) is 6.55. The van der Waals surface area contributed by atoms with Crippen molar-refractivity contribution in [2.45, 2.75) is 0 Å². The minimum Gasteiger partial charge on any atom is -0.483 e. The van der Waals surface area contributed by atoms with Crippen molar-refractivity contribution < 1.29 is 19.1 Å². The lowest BCUT2D eigenvalue weighted by molar-refractivity contribution is -0.122. The highest BCUT2D eigenvalue weighted by Crippen LogP contribution is 2.26. The van der Waals surface area contributed by atoms with Crippen LogP contribution in [0.2, 0.25) is 5.02 Å². The Labute approximate surface area is 170 Å². The number of nitrogens with two attached hydrogens (primary N) is 1. The van der Waals surface area contributed by atoms with Gasteiger partial charge < -0.3 is 10.5 Å². The smallest absolute Gasteiger partial charge is 0.270 e. The molecule has 3 N–H and O–H groups in total. The van der Waals surface area contributed by atoms with Crippen molar-refractivity contribution in [3.63, 3.8) is 0 Å². The number of carbonyl (C=O) groups is 3. The van der Waals surface area contributed by atoms with Crippen molar-refractivity contribution >= 4 is 58.4 Å². The van der Waals surface area contributed by atoms with Gasteiger partial charge in [0.2, 0.25) is 0 Å². The van der Waals surface area contributed by atoms with E-state index >= 15 is 0 Å². The standard InChI is InChI=1S/C19H14ClN3O4S/c20-12-5-7-13(8-6-12)23-18(26)14(17(25)22-19(23)28)9-11-3-1-2-4-15(11)27-10-16(21)24/h1-9H,10H2,(H2,21,24)(H,22,25,28)/b14-9-. The van der Waals surface area contributed by atoms with E-state index in [1.54, 1.807) is 48.5 Å². The lowest BCUT2D eigenvalue weighted by Crippen LogP contribution is -2.54. The molecular weight excluding hydrogens is 402 g/mol. The maximum absolute atomic E-state index is 13.0. The third kappa shape index (κ3) is 4.19. The summed E-state index contributed by atoms with van der Waals surface area (Å²) in [5.74, 6) is -1.57. The molecule has 9 heteroatoms. The van der Waals surface area contributed by atoms with Crippen molar-refractivity contribution in [1.82, 2.24) is 5.32 Å². The molecule has 1 saturated heterocycles. The molecule has 3 amide bonds. The zero-order valence-electron chi connectivity index (χ0n) is 14.3. The van der Waals surface area contributed by atoms with Gasteiger partial charge in [-0.15, -0.1) is 0 Å². The number of nitrogens with zero attached hydrogens (tertiary/aromatic N) is 1. The highest BCUT2D eigenvalue weighted by molar-refractivity contribution is 7.80. The molecule has 0 aliphatic carbocycles. The van der Waals surface area contributed by atoms with Crippen LogP contribution in [0, 0.1) is 0 Å². The van der Waals surface area contributed by atoms with E-state index < -0.39 is 17.7 Å². The molecule has 0 radical (unpaired) electrons. The number of halogens is 1. The number of thiocarbonyl (C=S) groups is 1. The average Bonchev–Trinajstić information content (AvgIpc) is 2.65. The first-order chi connectivity index (χ1) is 13.4. The summed E-state index contributed by atoms with van der Waals surface area (Å²) in [5, 5.41) is 2.96. The third-order valence-corrected chi connectivity index (χ3v) is 4.31. The van der Waals surface area contributed by atoms with Crippen molar-refractivity contribution in [3.05, 3.63) is 64.7 Å². The number of para-hydroxylation sites is 1. The Balaban J connectivity index is 1.98. The van der Waals surface area contributed by atoms with Gasteiger partial charge in [-0.1, -0.05) is 29.8 Å². The number of hydrogen-bond acceptors (Lipinski definition) is 5. The van der Waals surface area contributed by atoms with Gasteiger partial charge in [-0.25, -0.2) is 0 Å². The highest BCUT2D eigenvalue weighted by Gasteiger charge is 2.34. The normalized spacial score (nSPS) is 15.5. The third-order valence-electron chi connectivity index (χ3n) is 3.78. The Hall–Kier alpha value is -3.23. The van der Waals surface area contributed by atoms with Crippen LogP contribution in [0.4, 0.5) is 5.69 Å². The predicted molar refractivity (Wildman–Crippen MR) is 109 cm³/mol. The van der Waals surface area contributed by atoms with Crippen LogP contribution in [0.1, 0.15) is 5.56 Å². The number of nitrogens with one attached hydrogen (secondary N) is 1. The SMILES string of the molecule is NC(=O)COc1ccccc1/C=C1/C(=O)NC(=S)N(c2ccc(Cl)cc2)C1=O. The van der Waals surface area contributed by atoms with Crippen LogP contribution >= 0.6 is 23.8 Å². The molecule has 7 nitrogen and oxygen atoms in total. The van der Waals surface area contributed by atoms with Gasteiger partial charge in [0, 0.05) is 10.6 Å². The second kappa shape index (κ2) is 8.20. The molecule has 2 aromatic carbocycles. The van der Waals surface area contributed by atoms with Crippen LogP contribution in [-0.2, 0) is 14.4 Å². The molecule has 1 aliphatic heterocycles. The largest absolute Gasteiger partial charge is 0.483 e. The van der Waals surface area contributed by atoms with Crippen LogP contribution in [0.5, 0.6) is 5.75 Å². The van der Waals surface area contributed by atoms with E-state index in [1.807, 2.05) is 0 Å². The molecule has 0 unspecified atom stereocenters. The van der Waals surface area contributed by atoms with E-state index in [2.05, 4.69) is 5.32 Å². The Morgan fingerprint density at radius 3 is 2.54 bits per heavy atom. The molecule has 0 saturated carbocycles. The van der Waals surface area contributed by atoms with E-state index in [0.717, 1.165) is 0 Å². The van der Waals surface area contributed by atoms with Crippen LogP contribution < -0.4 is 20.7 Å². The number of primary amides is 1. The van der Waals surface area contributed by atoms with Crippen molar-refractivity contribution in [2.75, 3.05) is 11.5 Å². The first kappa shape index (κ1) is 19.5. The van der Waals surface area contributed by atoms with E-state index in [9.17, 15) is 14.4 Å². The average molecular weight is 416 g/mol. The van der Waals surface area contributed by atoms with Crippen molar-refractivity contribution in [1.29, 1.82) is 0 Å². The fourth-order valence-electron chi connectivity index (χ4n) is 2.52. The molecule has 1 fully saturated rings. The summed E-state index contributed by atoms with van der Waals surface area (Å²) in [6, 6.07) is 13.1. The van der Waals surface area contributed by atoms with Crippen molar-refractivity contribution in [3.8, 4) is 5.75 Å². The van der Waals surface area contributed by atoms with Gasteiger partial charge in [0.15, 0.2) is 11.7 Å². The molecule has 1 heterocycles. The summed E-state index contributed by atoms with van der Waals surface area (Å²) in [5.41, 5.74) is 5.86. The highest BCUT2D eigenvalue weighted by atomic mass is 35.5. The Morgan fingerprint density at radius 1 is 1.18 bits per heavy atom. The monoisotopic (exact) mass is 415 g/mol. The lowest BCUT2D eigenvalue weighted by atomic mass is 10.1. The maximum atomic E-state index is 13.0. The second-order valence-electron chi connectivity index (χ2n) is 5.73. The predicted octanol–water partition coefficient (Wildman–Crippen LogP) is 2.04. The number of rotatable bonds is 5. The minimum atomic E-state index is -0.645. The number of carbonyl (C=O) groups excluding carboxylic acids is 3. The number of hydrogen-bond donors (Lipinski definition) is 2. The van der Waals surface area contributed by atoms with Crippen LogP contribution in [0.3, 0.4) is 0 Å². The van der Waals surface area contributed by atoms with Gasteiger partial charge in [-0.2, -0.15) is 0 Å². The molecule has 2 aromatic rings. The molecule has 3 rings (SSSR count). The fraction of sp³-hybridized carbons (Fsp3) is 0.0526. The molecule has 142 valence electrons. The first-order valence-corrected chi connectivity index (χ1v) is 8.82. The van der Waals surface area contributed by atoms with Gasteiger partial charge in [0.05, 0.1) is 5.69 Å². The zero-order chi connectivity index (χ0) is 20.3. The zero-order valence-corrected chi connectivity index (χ0v) is 15.9. The van der Waals surface area contributed by atoms with Crippen LogP contribution in [0.25, 0.3) is 6.08 Å². The fourth-order valence-corrected chi connectivity index (χ4v) is 2.92. The maximum Gasteiger partial charge on any atom is 0.270 e. The Bertz CT molecular complexity index is 1000. The summed E-state index contributed by atoms with van der Waals surface area (Å²) in [7, 11) is 0. The molecule has 0 aromatic heterocycles. The Kier molecular flexibility index (Phi) is 5.72. The van der Waals surface area contributed by atoms with Crippen molar-refractivity contribution in [2.24, 2.45) is 5.73 Å². The van der Waals surface area contributed by atoms with Crippen LogP contribution in [0.15, 0.2) is 54.1 Å². The molecule has 28 heavy (non-hydrogen) atoms.